The third kappa shape index (κ3) is 6.97. The number of nitrogens with zero attached hydrogens (tertiary/aromatic N) is 2. The molecule has 1 saturated heterocycles. The van der Waals surface area contributed by atoms with Gasteiger partial charge in [0, 0.05) is 32.6 Å². The summed E-state index contributed by atoms with van der Waals surface area (Å²) in [6, 6.07) is 0. The lowest BCUT2D eigenvalue weighted by molar-refractivity contribution is -0.137. The van der Waals surface area contributed by atoms with Crippen molar-refractivity contribution in [2.75, 3.05) is 39.3 Å². The van der Waals surface area contributed by atoms with Crippen LogP contribution in [-0.2, 0) is 4.79 Å². The first kappa shape index (κ1) is 15.4. The summed E-state index contributed by atoms with van der Waals surface area (Å²) in [5.41, 5.74) is 0. The van der Waals surface area contributed by atoms with Gasteiger partial charge in [-0.15, -0.1) is 0 Å². The Bertz CT molecular complexity index is 226. The molecule has 0 radical (unpaired) electrons. The zero-order valence-electron chi connectivity index (χ0n) is 11.7. The summed E-state index contributed by atoms with van der Waals surface area (Å²) >= 11 is 0. The number of carboxylic acid groups (broad SMARTS) is 1. The van der Waals surface area contributed by atoms with Crippen LogP contribution in [0.1, 0.15) is 45.4 Å². The lowest BCUT2D eigenvalue weighted by Crippen LogP contribution is -2.46. The molecule has 0 aliphatic carbocycles. The largest absolute Gasteiger partial charge is 0.481 e. The molecule has 0 aromatic carbocycles. The smallest absolute Gasteiger partial charge is 0.303 e. The fraction of sp³-hybridized carbons (Fsp3) is 0.929. The maximum atomic E-state index is 10.4. The quantitative estimate of drug-likeness (QED) is 0.641. The lowest BCUT2D eigenvalue weighted by atomic mass is 10.2. The second-order valence-corrected chi connectivity index (χ2v) is 5.24. The average molecular weight is 256 g/mol. The Hall–Kier alpha value is -0.610. The van der Waals surface area contributed by atoms with E-state index in [0.29, 0.717) is 6.42 Å². The van der Waals surface area contributed by atoms with Crippen LogP contribution in [0.3, 0.4) is 0 Å². The fourth-order valence-corrected chi connectivity index (χ4v) is 2.43. The molecule has 0 aromatic rings. The van der Waals surface area contributed by atoms with Gasteiger partial charge >= 0.3 is 5.97 Å². The minimum atomic E-state index is -0.671. The van der Waals surface area contributed by atoms with Gasteiger partial charge in [0.15, 0.2) is 0 Å². The van der Waals surface area contributed by atoms with Crippen molar-refractivity contribution in [3.05, 3.63) is 0 Å². The van der Waals surface area contributed by atoms with Crippen molar-refractivity contribution in [2.24, 2.45) is 0 Å². The molecule has 1 fully saturated rings. The van der Waals surface area contributed by atoms with Gasteiger partial charge in [-0.05, 0) is 32.4 Å². The standard InChI is InChI=1S/C14H28N2O2/c1-2-3-5-8-15-10-12-16(13-11-15)9-6-4-7-14(17)18/h2-13H2,1H3,(H,17,18). The summed E-state index contributed by atoms with van der Waals surface area (Å²) < 4.78 is 0. The van der Waals surface area contributed by atoms with Crippen LogP contribution in [0.2, 0.25) is 0 Å². The molecule has 0 amide bonds. The molecule has 18 heavy (non-hydrogen) atoms. The molecule has 1 heterocycles. The SMILES string of the molecule is CCCCCN1CCN(CCCCC(=O)O)CC1. The molecular weight excluding hydrogens is 228 g/mol. The number of piperazine rings is 1. The van der Waals surface area contributed by atoms with Crippen molar-refractivity contribution in [3.63, 3.8) is 0 Å². The Kier molecular flexibility index (Phi) is 8.01. The van der Waals surface area contributed by atoms with E-state index in [1.165, 1.54) is 38.9 Å². The van der Waals surface area contributed by atoms with Gasteiger partial charge in [0.2, 0.25) is 0 Å². The second-order valence-electron chi connectivity index (χ2n) is 5.24. The van der Waals surface area contributed by atoms with Crippen LogP contribution >= 0.6 is 0 Å². The van der Waals surface area contributed by atoms with Gasteiger partial charge in [-0.25, -0.2) is 0 Å². The van der Waals surface area contributed by atoms with Gasteiger partial charge < -0.3 is 14.9 Å². The van der Waals surface area contributed by atoms with E-state index in [9.17, 15) is 4.79 Å². The van der Waals surface area contributed by atoms with Crippen LogP contribution < -0.4 is 0 Å². The predicted molar refractivity (Wildman–Crippen MR) is 73.9 cm³/mol. The predicted octanol–water partition coefficient (Wildman–Crippen LogP) is 2.05. The zero-order valence-corrected chi connectivity index (χ0v) is 11.7. The molecule has 106 valence electrons. The van der Waals surface area contributed by atoms with Crippen LogP contribution in [0.4, 0.5) is 0 Å². The number of aliphatic carboxylic acids is 1. The lowest BCUT2D eigenvalue weighted by Gasteiger charge is -2.34. The number of hydrogen-bond acceptors (Lipinski definition) is 3. The average Bonchev–Trinajstić information content (AvgIpc) is 2.36. The Morgan fingerprint density at radius 3 is 1.89 bits per heavy atom. The maximum absolute atomic E-state index is 10.4. The summed E-state index contributed by atoms with van der Waals surface area (Å²) in [6.45, 7) is 9.23. The molecule has 4 nitrogen and oxygen atoms in total. The molecule has 4 heteroatoms. The molecule has 0 atom stereocenters. The molecule has 0 bridgehead atoms. The number of carbonyl (C=O) groups is 1. The molecule has 0 aromatic heterocycles. The first-order valence-electron chi connectivity index (χ1n) is 7.39. The van der Waals surface area contributed by atoms with Gasteiger partial charge in [0.1, 0.15) is 0 Å². The molecule has 0 unspecified atom stereocenters. The maximum Gasteiger partial charge on any atom is 0.303 e. The summed E-state index contributed by atoms with van der Waals surface area (Å²) in [4.78, 5) is 15.4. The van der Waals surface area contributed by atoms with E-state index in [1.54, 1.807) is 0 Å². The van der Waals surface area contributed by atoms with Crippen LogP contribution in [0.5, 0.6) is 0 Å². The highest BCUT2D eigenvalue weighted by Crippen LogP contribution is 2.06. The van der Waals surface area contributed by atoms with Crippen LogP contribution in [-0.4, -0.2) is 60.1 Å². The molecule has 1 aliphatic rings. The Morgan fingerprint density at radius 1 is 0.944 bits per heavy atom. The highest BCUT2D eigenvalue weighted by molar-refractivity contribution is 5.66. The van der Waals surface area contributed by atoms with Crippen LogP contribution in [0.15, 0.2) is 0 Å². The molecule has 1 rings (SSSR count). The van der Waals surface area contributed by atoms with Gasteiger partial charge in [-0.2, -0.15) is 0 Å². The van der Waals surface area contributed by atoms with Gasteiger partial charge in [-0.1, -0.05) is 19.8 Å². The van der Waals surface area contributed by atoms with Crippen molar-refractivity contribution in [1.29, 1.82) is 0 Å². The normalized spacial score (nSPS) is 18.1. The Morgan fingerprint density at radius 2 is 1.44 bits per heavy atom. The van der Waals surface area contributed by atoms with Crippen LogP contribution in [0.25, 0.3) is 0 Å². The molecule has 1 N–H and O–H groups in total. The Balaban J connectivity index is 1.99. The van der Waals surface area contributed by atoms with E-state index >= 15 is 0 Å². The number of carboxylic acids is 1. The first-order valence-corrected chi connectivity index (χ1v) is 7.39. The third-order valence-corrected chi connectivity index (χ3v) is 3.66. The number of rotatable bonds is 9. The highest BCUT2D eigenvalue weighted by Gasteiger charge is 2.15. The van der Waals surface area contributed by atoms with E-state index in [0.717, 1.165) is 32.5 Å². The molecule has 0 spiro atoms. The summed E-state index contributed by atoms with van der Waals surface area (Å²) in [7, 11) is 0. The Labute approximate surface area is 111 Å². The van der Waals surface area contributed by atoms with Gasteiger partial charge in [-0.3, -0.25) is 4.79 Å². The molecular formula is C14H28N2O2. The van der Waals surface area contributed by atoms with Crippen LogP contribution in [0, 0.1) is 0 Å². The minimum Gasteiger partial charge on any atom is -0.481 e. The number of hydrogen-bond donors (Lipinski definition) is 1. The van der Waals surface area contributed by atoms with E-state index in [2.05, 4.69) is 16.7 Å². The monoisotopic (exact) mass is 256 g/mol. The van der Waals surface area contributed by atoms with Crippen molar-refractivity contribution in [1.82, 2.24) is 9.80 Å². The van der Waals surface area contributed by atoms with E-state index in [1.807, 2.05) is 0 Å². The number of unbranched alkanes of at least 4 members (excludes halogenated alkanes) is 3. The molecule has 1 aliphatic heterocycles. The third-order valence-electron chi connectivity index (χ3n) is 3.66. The topological polar surface area (TPSA) is 43.8 Å². The van der Waals surface area contributed by atoms with Crippen molar-refractivity contribution >= 4 is 5.97 Å². The van der Waals surface area contributed by atoms with Crippen molar-refractivity contribution < 1.29 is 9.90 Å². The van der Waals surface area contributed by atoms with Crippen molar-refractivity contribution in [3.8, 4) is 0 Å². The van der Waals surface area contributed by atoms with E-state index in [4.69, 9.17) is 5.11 Å². The van der Waals surface area contributed by atoms with E-state index < -0.39 is 5.97 Å². The second kappa shape index (κ2) is 9.34. The van der Waals surface area contributed by atoms with E-state index in [-0.39, 0.29) is 0 Å². The van der Waals surface area contributed by atoms with Gasteiger partial charge in [0.05, 0.1) is 0 Å². The minimum absolute atomic E-state index is 0.316. The van der Waals surface area contributed by atoms with Crippen molar-refractivity contribution in [2.45, 2.75) is 45.4 Å². The summed E-state index contributed by atoms with van der Waals surface area (Å²) in [6.07, 6.45) is 6.11. The highest BCUT2D eigenvalue weighted by atomic mass is 16.4. The molecule has 0 saturated carbocycles. The summed E-state index contributed by atoms with van der Waals surface area (Å²) in [5, 5.41) is 8.57. The van der Waals surface area contributed by atoms with Gasteiger partial charge in [0.25, 0.3) is 0 Å². The first-order chi connectivity index (χ1) is 8.72. The zero-order chi connectivity index (χ0) is 13.2. The fourth-order valence-electron chi connectivity index (χ4n) is 2.43. The summed E-state index contributed by atoms with van der Waals surface area (Å²) in [5.74, 6) is -0.671.